The molecule has 9 heteroatoms. The van der Waals surface area contributed by atoms with E-state index in [1.54, 1.807) is 24.1 Å². The van der Waals surface area contributed by atoms with Gasteiger partial charge in [-0.2, -0.15) is 10.2 Å². The molecule has 0 aliphatic carbocycles. The van der Waals surface area contributed by atoms with E-state index in [2.05, 4.69) is 20.3 Å². The highest BCUT2D eigenvalue weighted by Gasteiger charge is 2.12. The monoisotopic (exact) mass is 297 g/mol. The van der Waals surface area contributed by atoms with Crippen LogP contribution < -0.4 is 10.9 Å². The zero-order valence-corrected chi connectivity index (χ0v) is 11.6. The minimum Gasteiger partial charge on any atom is -0.468 e. The second-order valence-electron chi connectivity index (χ2n) is 3.94. The molecule has 0 fully saturated rings. The predicted octanol–water partition coefficient (Wildman–Crippen LogP) is 0.547. The summed E-state index contributed by atoms with van der Waals surface area (Å²) in [6.07, 6.45) is 4.66. The van der Waals surface area contributed by atoms with Gasteiger partial charge in [0.1, 0.15) is 11.6 Å². The number of carbonyl (C=O) groups is 1. The molecule has 0 aliphatic heterocycles. The van der Waals surface area contributed by atoms with Crippen LogP contribution in [0.3, 0.4) is 0 Å². The molecule has 0 aromatic carbocycles. The van der Waals surface area contributed by atoms with Gasteiger partial charge in [-0.15, -0.1) is 0 Å². The maximum Gasteiger partial charge on any atom is 0.327 e. The fraction of sp³-hybridized carbons (Fsp3) is 0.273. The summed E-state index contributed by atoms with van der Waals surface area (Å²) in [5, 5.41) is 10.7. The minimum absolute atomic E-state index is 0.0623. The Kier molecular flexibility index (Phi) is 4.04. The van der Waals surface area contributed by atoms with Crippen LogP contribution in [-0.4, -0.2) is 32.6 Å². The van der Waals surface area contributed by atoms with E-state index in [1.807, 2.05) is 0 Å². The average molecular weight is 298 g/mol. The van der Waals surface area contributed by atoms with Crippen LogP contribution >= 0.6 is 11.6 Å². The SMILES string of the molecule is COC(=O)Cn1ncc(Nc2cnn(C)c2)c(Cl)c1=O. The Balaban J connectivity index is 2.26. The molecule has 0 amide bonds. The van der Waals surface area contributed by atoms with Gasteiger partial charge < -0.3 is 10.1 Å². The normalized spacial score (nSPS) is 10.3. The van der Waals surface area contributed by atoms with E-state index in [1.165, 1.54) is 13.3 Å². The van der Waals surface area contributed by atoms with Crippen LogP contribution in [-0.2, 0) is 23.1 Å². The van der Waals surface area contributed by atoms with Gasteiger partial charge in [0.05, 0.1) is 30.9 Å². The first kappa shape index (κ1) is 14.1. The molecular formula is C11H12ClN5O3. The number of ether oxygens (including phenoxy) is 1. The van der Waals surface area contributed by atoms with Crippen molar-refractivity contribution in [1.82, 2.24) is 19.6 Å². The van der Waals surface area contributed by atoms with Crippen molar-refractivity contribution in [2.45, 2.75) is 6.54 Å². The number of methoxy groups -OCH3 is 1. The Morgan fingerprint density at radius 1 is 1.45 bits per heavy atom. The molecule has 0 unspecified atom stereocenters. The number of aromatic nitrogens is 4. The third-order valence-electron chi connectivity index (χ3n) is 2.48. The van der Waals surface area contributed by atoms with Crippen LogP contribution in [0.25, 0.3) is 0 Å². The molecule has 106 valence electrons. The summed E-state index contributed by atoms with van der Waals surface area (Å²) in [7, 11) is 2.99. The Bertz CT molecular complexity index is 694. The fourth-order valence-corrected chi connectivity index (χ4v) is 1.69. The molecule has 0 aliphatic rings. The van der Waals surface area contributed by atoms with Crippen LogP contribution in [0.2, 0.25) is 5.02 Å². The maximum absolute atomic E-state index is 11.9. The molecule has 20 heavy (non-hydrogen) atoms. The van der Waals surface area contributed by atoms with Gasteiger partial charge in [0.25, 0.3) is 5.56 Å². The van der Waals surface area contributed by atoms with Crippen LogP contribution in [0.15, 0.2) is 23.4 Å². The van der Waals surface area contributed by atoms with E-state index in [9.17, 15) is 9.59 Å². The maximum atomic E-state index is 11.9. The van der Waals surface area contributed by atoms with Gasteiger partial charge in [-0.25, -0.2) is 4.68 Å². The van der Waals surface area contributed by atoms with E-state index in [4.69, 9.17) is 11.6 Å². The lowest BCUT2D eigenvalue weighted by Crippen LogP contribution is -2.27. The highest BCUT2D eigenvalue weighted by Crippen LogP contribution is 2.20. The van der Waals surface area contributed by atoms with Crippen LogP contribution in [0.5, 0.6) is 0 Å². The molecule has 0 radical (unpaired) electrons. The lowest BCUT2D eigenvalue weighted by atomic mass is 10.4. The Morgan fingerprint density at radius 3 is 2.80 bits per heavy atom. The largest absolute Gasteiger partial charge is 0.468 e. The number of carbonyl (C=O) groups excluding carboxylic acids is 1. The zero-order valence-electron chi connectivity index (χ0n) is 10.8. The van der Waals surface area contributed by atoms with Gasteiger partial charge >= 0.3 is 5.97 Å². The zero-order chi connectivity index (χ0) is 14.7. The Labute approximate surface area is 118 Å². The van der Waals surface area contributed by atoms with Crippen molar-refractivity contribution in [3.8, 4) is 0 Å². The third-order valence-corrected chi connectivity index (χ3v) is 2.84. The molecule has 2 heterocycles. The smallest absolute Gasteiger partial charge is 0.327 e. The number of hydrogen-bond acceptors (Lipinski definition) is 6. The highest BCUT2D eigenvalue weighted by atomic mass is 35.5. The number of anilines is 2. The van der Waals surface area contributed by atoms with Crippen molar-refractivity contribution in [3.05, 3.63) is 34.0 Å². The number of nitrogens with zero attached hydrogens (tertiary/aromatic N) is 4. The molecule has 0 saturated heterocycles. The van der Waals surface area contributed by atoms with E-state index in [0.717, 1.165) is 4.68 Å². The van der Waals surface area contributed by atoms with Gasteiger partial charge in [-0.05, 0) is 0 Å². The molecule has 0 atom stereocenters. The van der Waals surface area contributed by atoms with Crippen molar-refractivity contribution >= 4 is 28.9 Å². The van der Waals surface area contributed by atoms with Crippen LogP contribution in [0.1, 0.15) is 0 Å². The van der Waals surface area contributed by atoms with E-state index < -0.39 is 11.5 Å². The molecule has 2 aromatic rings. The number of rotatable bonds is 4. The second-order valence-corrected chi connectivity index (χ2v) is 4.32. The highest BCUT2D eigenvalue weighted by molar-refractivity contribution is 6.33. The molecule has 0 saturated carbocycles. The molecule has 0 bridgehead atoms. The van der Waals surface area contributed by atoms with Gasteiger partial charge in [-0.3, -0.25) is 14.3 Å². The number of hydrogen-bond donors (Lipinski definition) is 1. The van der Waals surface area contributed by atoms with Crippen LogP contribution in [0.4, 0.5) is 11.4 Å². The molecule has 8 nitrogen and oxygen atoms in total. The van der Waals surface area contributed by atoms with E-state index >= 15 is 0 Å². The number of nitrogens with one attached hydrogen (secondary N) is 1. The van der Waals surface area contributed by atoms with Crippen LogP contribution in [0, 0.1) is 0 Å². The quantitative estimate of drug-likeness (QED) is 0.829. The number of esters is 1. The van der Waals surface area contributed by atoms with E-state index in [-0.39, 0.29) is 11.6 Å². The first-order valence-electron chi connectivity index (χ1n) is 5.59. The van der Waals surface area contributed by atoms with Crippen molar-refractivity contribution in [2.75, 3.05) is 12.4 Å². The summed E-state index contributed by atoms with van der Waals surface area (Å²) in [6, 6.07) is 0. The molecule has 2 aromatic heterocycles. The average Bonchev–Trinajstić information content (AvgIpc) is 2.83. The topological polar surface area (TPSA) is 91.0 Å². The Morgan fingerprint density at radius 2 is 2.20 bits per heavy atom. The first-order chi connectivity index (χ1) is 9.51. The molecule has 1 N–H and O–H groups in total. The summed E-state index contributed by atoms with van der Waals surface area (Å²) in [5.41, 5.74) is 0.429. The number of halogens is 1. The van der Waals surface area contributed by atoms with Gasteiger partial charge in [-0.1, -0.05) is 11.6 Å². The van der Waals surface area contributed by atoms with Gasteiger partial charge in [0.15, 0.2) is 0 Å². The summed E-state index contributed by atoms with van der Waals surface area (Å²) in [6.45, 7) is -0.289. The number of aryl methyl sites for hydroxylation is 1. The summed E-state index contributed by atoms with van der Waals surface area (Å²) >= 11 is 5.97. The molecule has 2 rings (SSSR count). The molecule has 0 spiro atoms. The standard InChI is InChI=1S/C11H12ClN5O3/c1-16-5-7(3-13-16)15-8-4-14-17(6-9(18)20-2)11(19)10(8)12/h3-5,15H,6H2,1-2H3. The van der Waals surface area contributed by atoms with Gasteiger partial charge in [0.2, 0.25) is 0 Å². The lowest BCUT2D eigenvalue weighted by Gasteiger charge is -2.08. The lowest BCUT2D eigenvalue weighted by molar-refractivity contribution is -0.141. The fourth-order valence-electron chi connectivity index (χ4n) is 1.49. The second kappa shape index (κ2) is 5.74. The van der Waals surface area contributed by atoms with Crippen molar-refractivity contribution in [3.63, 3.8) is 0 Å². The van der Waals surface area contributed by atoms with Gasteiger partial charge in [0, 0.05) is 13.2 Å². The third kappa shape index (κ3) is 2.97. The van der Waals surface area contributed by atoms with Crippen molar-refractivity contribution < 1.29 is 9.53 Å². The van der Waals surface area contributed by atoms with Crippen molar-refractivity contribution in [1.29, 1.82) is 0 Å². The summed E-state index contributed by atoms with van der Waals surface area (Å²) in [5.74, 6) is -0.580. The molecular weight excluding hydrogens is 286 g/mol. The Hall–Kier alpha value is -2.35. The van der Waals surface area contributed by atoms with Crippen molar-refractivity contribution in [2.24, 2.45) is 7.05 Å². The predicted molar refractivity (Wildman–Crippen MR) is 72.0 cm³/mol. The summed E-state index contributed by atoms with van der Waals surface area (Å²) in [4.78, 5) is 23.1. The van der Waals surface area contributed by atoms with E-state index in [0.29, 0.717) is 11.4 Å². The first-order valence-corrected chi connectivity index (χ1v) is 5.97. The minimum atomic E-state index is -0.580. The summed E-state index contributed by atoms with van der Waals surface area (Å²) < 4.78 is 7.00.